The fourth-order valence-electron chi connectivity index (χ4n) is 2.44. The van der Waals surface area contributed by atoms with Crippen LogP contribution < -0.4 is 5.32 Å². The predicted octanol–water partition coefficient (Wildman–Crippen LogP) is 2.66. The van der Waals surface area contributed by atoms with E-state index in [1.165, 1.54) is 4.88 Å². The van der Waals surface area contributed by atoms with Crippen LogP contribution in [0.4, 0.5) is 0 Å². The van der Waals surface area contributed by atoms with Gasteiger partial charge in [-0.2, -0.15) is 0 Å². The molecule has 1 N–H and O–H groups in total. The Morgan fingerprint density at radius 1 is 1.44 bits per heavy atom. The number of amides is 1. The van der Waals surface area contributed by atoms with E-state index in [-0.39, 0.29) is 5.91 Å². The molecule has 100 valence electrons. The van der Waals surface area contributed by atoms with Gasteiger partial charge in [0.1, 0.15) is 0 Å². The summed E-state index contributed by atoms with van der Waals surface area (Å²) >= 11 is 1.60. The van der Waals surface area contributed by atoms with E-state index in [9.17, 15) is 4.79 Å². The topological polar surface area (TPSA) is 32.3 Å². The number of piperazine rings is 1. The van der Waals surface area contributed by atoms with Crippen LogP contribution in [-0.4, -0.2) is 36.0 Å². The van der Waals surface area contributed by atoms with Gasteiger partial charge in [0, 0.05) is 30.1 Å². The molecule has 1 fully saturated rings. The summed E-state index contributed by atoms with van der Waals surface area (Å²) < 4.78 is 0. The Morgan fingerprint density at radius 2 is 2.22 bits per heavy atom. The van der Waals surface area contributed by atoms with Gasteiger partial charge in [0.2, 0.25) is 0 Å². The maximum Gasteiger partial charge on any atom is 0.264 e. The van der Waals surface area contributed by atoms with Crippen LogP contribution in [0.5, 0.6) is 0 Å². The van der Waals surface area contributed by atoms with Crippen LogP contribution in [0.3, 0.4) is 0 Å². The zero-order valence-electron chi connectivity index (χ0n) is 11.4. The Bertz CT molecular complexity index is 416. The Labute approximate surface area is 113 Å². The normalized spacial score (nSPS) is 24.3. The lowest BCUT2D eigenvalue weighted by molar-refractivity contribution is 0.0581. The van der Waals surface area contributed by atoms with Crippen molar-refractivity contribution in [2.75, 3.05) is 13.1 Å². The molecule has 2 heterocycles. The molecule has 1 aliphatic heterocycles. The molecule has 1 aliphatic rings. The monoisotopic (exact) mass is 266 g/mol. The molecule has 2 unspecified atom stereocenters. The third kappa shape index (κ3) is 2.75. The summed E-state index contributed by atoms with van der Waals surface area (Å²) in [6.45, 7) is 8.13. The van der Waals surface area contributed by atoms with Crippen molar-refractivity contribution in [1.29, 1.82) is 0 Å². The highest BCUT2D eigenvalue weighted by Gasteiger charge is 2.30. The Morgan fingerprint density at radius 3 is 2.78 bits per heavy atom. The number of carbonyl (C=O) groups excluding carboxylic acids is 1. The van der Waals surface area contributed by atoms with E-state index in [1.807, 2.05) is 19.1 Å². The van der Waals surface area contributed by atoms with E-state index in [4.69, 9.17) is 0 Å². The summed E-state index contributed by atoms with van der Waals surface area (Å²) in [6, 6.07) is 4.76. The lowest BCUT2D eigenvalue weighted by Gasteiger charge is -2.39. The van der Waals surface area contributed by atoms with E-state index in [0.29, 0.717) is 12.1 Å². The van der Waals surface area contributed by atoms with Crippen molar-refractivity contribution in [3.05, 3.63) is 21.9 Å². The highest BCUT2D eigenvalue weighted by atomic mass is 32.1. The molecule has 0 spiro atoms. The molecule has 3 nitrogen and oxygen atoms in total. The minimum atomic E-state index is 0.208. The molecule has 1 aromatic rings. The molecule has 1 amide bonds. The Hall–Kier alpha value is -0.870. The smallest absolute Gasteiger partial charge is 0.264 e. The molecule has 0 radical (unpaired) electrons. The van der Waals surface area contributed by atoms with Crippen molar-refractivity contribution < 1.29 is 4.79 Å². The molecule has 2 rings (SSSR count). The molecule has 4 heteroatoms. The second-order valence-corrected chi connectivity index (χ2v) is 6.23. The number of nitrogens with zero attached hydrogens (tertiary/aromatic N) is 1. The van der Waals surface area contributed by atoms with Crippen molar-refractivity contribution in [1.82, 2.24) is 10.2 Å². The van der Waals surface area contributed by atoms with E-state index < -0.39 is 0 Å². The van der Waals surface area contributed by atoms with Gasteiger partial charge < -0.3 is 10.2 Å². The zero-order chi connectivity index (χ0) is 13.1. The fourth-order valence-corrected chi connectivity index (χ4v) is 3.27. The first-order valence-corrected chi connectivity index (χ1v) is 7.58. The van der Waals surface area contributed by atoms with Crippen LogP contribution in [-0.2, 0) is 0 Å². The van der Waals surface area contributed by atoms with Gasteiger partial charge in [-0.1, -0.05) is 13.8 Å². The predicted molar refractivity (Wildman–Crippen MR) is 76.3 cm³/mol. The third-order valence-corrected chi connectivity index (χ3v) is 4.66. The maximum absolute atomic E-state index is 12.6. The molecule has 0 saturated carbocycles. The standard InChI is InChI=1S/C14H22N2OS/c1-4-11-9-16(12(5-2)8-15-11)14(17)13-7-6-10(3)18-13/h6-7,11-12,15H,4-5,8-9H2,1-3H3. The van der Waals surface area contributed by atoms with Crippen molar-refractivity contribution in [2.45, 2.75) is 45.7 Å². The van der Waals surface area contributed by atoms with Gasteiger partial charge in [-0.25, -0.2) is 0 Å². The van der Waals surface area contributed by atoms with Crippen LogP contribution in [0.1, 0.15) is 41.2 Å². The molecule has 1 aromatic heterocycles. The summed E-state index contributed by atoms with van der Waals surface area (Å²) in [6.07, 6.45) is 2.09. The van der Waals surface area contributed by atoms with Crippen LogP contribution in [0.25, 0.3) is 0 Å². The van der Waals surface area contributed by atoms with Gasteiger partial charge in [-0.3, -0.25) is 4.79 Å². The van der Waals surface area contributed by atoms with E-state index in [0.717, 1.165) is 30.8 Å². The number of aryl methyl sites for hydroxylation is 1. The highest BCUT2D eigenvalue weighted by molar-refractivity contribution is 7.13. The van der Waals surface area contributed by atoms with E-state index in [2.05, 4.69) is 24.1 Å². The lowest BCUT2D eigenvalue weighted by atomic mass is 10.0. The largest absolute Gasteiger partial charge is 0.332 e. The lowest BCUT2D eigenvalue weighted by Crippen LogP contribution is -2.57. The average molecular weight is 266 g/mol. The van der Waals surface area contributed by atoms with Gasteiger partial charge in [-0.15, -0.1) is 11.3 Å². The number of rotatable bonds is 3. The van der Waals surface area contributed by atoms with Crippen molar-refractivity contribution in [3.8, 4) is 0 Å². The quantitative estimate of drug-likeness (QED) is 0.912. The zero-order valence-corrected chi connectivity index (χ0v) is 12.2. The van der Waals surface area contributed by atoms with Crippen LogP contribution in [0, 0.1) is 6.92 Å². The fraction of sp³-hybridized carbons (Fsp3) is 0.643. The SMILES string of the molecule is CCC1CN(C(=O)c2ccc(C)s2)C(CC)CN1. The van der Waals surface area contributed by atoms with Crippen molar-refractivity contribution in [2.24, 2.45) is 0 Å². The maximum atomic E-state index is 12.6. The van der Waals surface area contributed by atoms with Crippen molar-refractivity contribution in [3.63, 3.8) is 0 Å². The second kappa shape index (κ2) is 5.85. The number of carbonyl (C=O) groups is 1. The van der Waals surface area contributed by atoms with Crippen LogP contribution >= 0.6 is 11.3 Å². The van der Waals surface area contributed by atoms with Gasteiger partial charge in [0.05, 0.1) is 4.88 Å². The number of nitrogens with one attached hydrogen (secondary N) is 1. The van der Waals surface area contributed by atoms with Gasteiger partial charge in [0.25, 0.3) is 5.91 Å². The molecule has 2 atom stereocenters. The second-order valence-electron chi connectivity index (χ2n) is 4.94. The van der Waals surface area contributed by atoms with Gasteiger partial charge >= 0.3 is 0 Å². The minimum Gasteiger partial charge on any atom is -0.332 e. The first-order valence-electron chi connectivity index (χ1n) is 6.76. The summed E-state index contributed by atoms with van der Waals surface area (Å²) in [5.41, 5.74) is 0. The Balaban J connectivity index is 2.14. The van der Waals surface area contributed by atoms with Gasteiger partial charge in [-0.05, 0) is 31.9 Å². The van der Waals surface area contributed by atoms with E-state index >= 15 is 0 Å². The van der Waals surface area contributed by atoms with Gasteiger partial charge in [0.15, 0.2) is 0 Å². The summed E-state index contributed by atoms with van der Waals surface area (Å²) in [4.78, 5) is 16.7. The highest BCUT2D eigenvalue weighted by Crippen LogP contribution is 2.21. The van der Waals surface area contributed by atoms with E-state index in [1.54, 1.807) is 11.3 Å². The van der Waals surface area contributed by atoms with Crippen LogP contribution in [0.15, 0.2) is 12.1 Å². The minimum absolute atomic E-state index is 0.208. The first kappa shape index (κ1) is 13.6. The average Bonchev–Trinajstić information content (AvgIpc) is 2.83. The summed E-state index contributed by atoms with van der Waals surface area (Å²) in [5, 5.41) is 3.52. The Kier molecular flexibility index (Phi) is 4.40. The third-order valence-electron chi connectivity index (χ3n) is 3.68. The molecular weight excluding hydrogens is 244 g/mol. The van der Waals surface area contributed by atoms with Crippen molar-refractivity contribution >= 4 is 17.2 Å². The molecule has 0 aliphatic carbocycles. The molecular formula is C14H22N2OS. The molecule has 0 aromatic carbocycles. The molecule has 0 bridgehead atoms. The number of hydrogen-bond acceptors (Lipinski definition) is 3. The number of hydrogen-bond donors (Lipinski definition) is 1. The number of thiophene rings is 1. The summed E-state index contributed by atoms with van der Waals surface area (Å²) in [5.74, 6) is 0.208. The molecule has 1 saturated heterocycles. The first-order chi connectivity index (χ1) is 8.65. The van der Waals surface area contributed by atoms with Crippen LogP contribution in [0.2, 0.25) is 0 Å². The molecule has 18 heavy (non-hydrogen) atoms. The summed E-state index contributed by atoms with van der Waals surface area (Å²) in [7, 11) is 0.